The van der Waals surface area contributed by atoms with Crippen LogP contribution in [0.3, 0.4) is 0 Å². The van der Waals surface area contributed by atoms with Crippen LogP contribution in [0.2, 0.25) is 0 Å². The zero-order valence-corrected chi connectivity index (χ0v) is 12.2. The molecule has 1 saturated heterocycles. The van der Waals surface area contributed by atoms with Gasteiger partial charge in [0.25, 0.3) is 0 Å². The van der Waals surface area contributed by atoms with Crippen LogP contribution in [0.25, 0.3) is 6.08 Å². The Hall–Kier alpha value is -2.47. The van der Waals surface area contributed by atoms with Crippen molar-refractivity contribution in [1.29, 1.82) is 0 Å². The number of hydrogen-bond donors (Lipinski definition) is 1. The molecule has 0 radical (unpaired) electrons. The van der Waals surface area contributed by atoms with Crippen LogP contribution in [0.4, 0.5) is 8.78 Å². The van der Waals surface area contributed by atoms with Crippen molar-refractivity contribution >= 4 is 12.0 Å². The lowest BCUT2D eigenvalue weighted by Gasteiger charge is -2.23. The lowest BCUT2D eigenvalue weighted by molar-refractivity contribution is -0.127. The highest BCUT2D eigenvalue weighted by molar-refractivity contribution is 5.92. The topological polar surface area (TPSA) is 53.7 Å². The van der Waals surface area contributed by atoms with Gasteiger partial charge in [0.15, 0.2) is 0 Å². The summed E-state index contributed by atoms with van der Waals surface area (Å²) in [5.74, 6) is -1.07. The number of β-amino-alcohol motifs (C(OH)–C–C–N with tert-alkyl or cyclic N) is 1. The standard InChI is InChI=1S/C17H15F2NO3/c18-11-3-5-15(19)14(8-11)16-9-12(21)10-20(16)17(22)6-4-13-2-1-7-23-13/h1-8,12,16,21H,9-10H2/b6-4+. The van der Waals surface area contributed by atoms with Crippen LogP contribution < -0.4 is 0 Å². The Bertz CT molecular complexity index is 727. The number of nitrogens with zero attached hydrogens (tertiary/aromatic N) is 1. The Labute approximate surface area is 131 Å². The first-order valence-electron chi connectivity index (χ1n) is 7.20. The molecule has 0 bridgehead atoms. The van der Waals surface area contributed by atoms with Crippen molar-refractivity contribution in [1.82, 2.24) is 4.90 Å². The molecule has 1 aromatic carbocycles. The maximum atomic E-state index is 14.0. The van der Waals surface area contributed by atoms with Gasteiger partial charge in [0, 0.05) is 18.2 Å². The first-order valence-corrected chi connectivity index (χ1v) is 7.20. The summed E-state index contributed by atoms with van der Waals surface area (Å²) in [6, 6.07) is 5.79. The van der Waals surface area contributed by atoms with E-state index in [1.165, 1.54) is 23.3 Å². The van der Waals surface area contributed by atoms with Crippen molar-refractivity contribution in [2.45, 2.75) is 18.6 Å². The van der Waals surface area contributed by atoms with E-state index in [1.54, 1.807) is 12.1 Å². The first-order chi connectivity index (χ1) is 11.0. The van der Waals surface area contributed by atoms with Crippen molar-refractivity contribution < 1.29 is 23.1 Å². The number of benzene rings is 1. The molecular weight excluding hydrogens is 304 g/mol. The average Bonchev–Trinajstić information content (AvgIpc) is 3.16. The summed E-state index contributed by atoms with van der Waals surface area (Å²) in [4.78, 5) is 13.7. The number of rotatable bonds is 3. The zero-order valence-electron chi connectivity index (χ0n) is 12.2. The minimum absolute atomic E-state index is 0.0706. The summed E-state index contributed by atoms with van der Waals surface area (Å²) in [7, 11) is 0. The summed E-state index contributed by atoms with van der Waals surface area (Å²) in [5, 5.41) is 9.84. The van der Waals surface area contributed by atoms with Crippen LogP contribution in [0.1, 0.15) is 23.8 Å². The molecule has 1 aromatic heterocycles. The van der Waals surface area contributed by atoms with E-state index in [4.69, 9.17) is 4.42 Å². The molecule has 0 saturated carbocycles. The molecule has 1 N–H and O–H groups in total. The van der Waals surface area contributed by atoms with Gasteiger partial charge in [-0.3, -0.25) is 4.79 Å². The molecular formula is C17H15F2NO3. The highest BCUT2D eigenvalue weighted by Gasteiger charge is 2.36. The molecule has 4 nitrogen and oxygen atoms in total. The van der Waals surface area contributed by atoms with Crippen LogP contribution in [-0.4, -0.2) is 28.6 Å². The molecule has 2 aromatic rings. The molecule has 2 atom stereocenters. The molecule has 0 spiro atoms. The number of carbonyl (C=O) groups excluding carboxylic acids is 1. The van der Waals surface area contributed by atoms with E-state index in [-0.39, 0.29) is 18.5 Å². The molecule has 120 valence electrons. The van der Waals surface area contributed by atoms with Crippen molar-refractivity contribution in [3.05, 3.63) is 65.6 Å². The Morgan fingerprint density at radius 2 is 2.17 bits per heavy atom. The van der Waals surface area contributed by atoms with E-state index in [0.29, 0.717) is 5.76 Å². The number of amides is 1. The summed E-state index contributed by atoms with van der Waals surface area (Å²) in [6.45, 7) is 0.0714. The number of hydrogen-bond acceptors (Lipinski definition) is 3. The number of aliphatic hydroxyl groups excluding tert-OH is 1. The Morgan fingerprint density at radius 1 is 1.35 bits per heavy atom. The normalized spacial score (nSPS) is 21.3. The van der Waals surface area contributed by atoms with Gasteiger partial charge in [-0.05, 0) is 42.8 Å². The van der Waals surface area contributed by atoms with E-state index in [9.17, 15) is 18.7 Å². The van der Waals surface area contributed by atoms with Crippen molar-refractivity contribution in [2.24, 2.45) is 0 Å². The van der Waals surface area contributed by atoms with Gasteiger partial charge in [-0.2, -0.15) is 0 Å². The van der Waals surface area contributed by atoms with Gasteiger partial charge < -0.3 is 14.4 Å². The van der Waals surface area contributed by atoms with Gasteiger partial charge in [0.2, 0.25) is 5.91 Å². The van der Waals surface area contributed by atoms with Crippen molar-refractivity contribution in [2.75, 3.05) is 6.54 Å². The fraction of sp³-hybridized carbons (Fsp3) is 0.235. The second-order valence-electron chi connectivity index (χ2n) is 5.41. The number of aliphatic hydroxyl groups is 1. The third-order valence-electron chi connectivity index (χ3n) is 3.81. The predicted octanol–water partition coefficient (Wildman–Crippen LogP) is 2.91. The highest BCUT2D eigenvalue weighted by Crippen LogP contribution is 2.34. The van der Waals surface area contributed by atoms with Gasteiger partial charge >= 0.3 is 0 Å². The fourth-order valence-corrected chi connectivity index (χ4v) is 2.76. The lowest BCUT2D eigenvalue weighted by Crippen LogP contribution is -2.30. The summed E-state index contributed by atoms with van der Waals surface area (Å²) < 4.78 is 32.5. The lowest BCUT2D eigenvalue weighted by atomic mass is 10.0. The smallest absolute Gasteiger partial charge is 0.247 e. The summed E-state index contributed by atoms with van der Waals surface area (Å²) in [5.41, 5.74) is 0.0706. The van der Waals surface area contributed by atoms with Crippen LogP contribution >= 0.6 is 0 Å². The first kappa shape index (κ1) is 15.4. The predicted molar refractivity (Wildman–Crippen MR) is 79.2 cm³/mol. The number of furan rings is 1. The molecule has 1 amide bonds. The fourth-order valence-electron chi connectivity index (χ4n) is 2.76. The second kappa shape index (κ2) is 6.34. The van der Waals surface area contributed by atoms with E-state index in [2.05, 4.69) is 0 Å². The van der Waals surface area contributed by atoms with Gasteiger partial charge in [0.1, 0.15) is 17.4 Å². The van der Waals surface area contributed by atoms with Crippen LogP contribution in [0, 0.1) is 11.6 Å². The minimum atomic E-state index is -0.774. The molecule has 3 rings (SSSR count). The van der Waals surface area contributed by atoms with E-state index >= 15 is 0 Å². The molecule has 2 unspecified atom stereocenters. The Morgan fingerprint density at radius 3 is 2.91 bits per heavy atom. The number of carbonyl (C=O) groups is 1. The summed E-state index contributed by atoms with van der Waals surface area (Å²) >= 11 is 0. The minimum Gasteiger partial charge on any atom is -0.465 e. The monoisotopic (exact) mass is 319 g/mol. The van der Waals surface area contributed by atoms with Gasteiger partial charge in [-0.25, -0.2) is 8.78 Å². The van der Waals surface area contributed by atoms with E-state index in [1.807, 2.05) is 0 Å². The van der Waals surface area contributed by atoms with E-state index < -0.39 is 29.7 Å². The molecule has 0 aliphatic carbocycles. The maximum Gasteiger partial charge on any atom is 0.247 e. The third-order valence-corrected chi connectivity index (χ3v) is 3.81. The van der Waals surface area contributed by atoms with Crippen molar-refractivity contribution in [3.63, 3.8) is 0 Å². The maximum absolute atomic E-state index is 14.0. The molecule has 6 heteroatoms. The van der Waals surface area contributed by atoms with Gasteiger partial charge in [-0.15, -0.1) is 0 Å². The van der Waals surface area contributed by atoms with Crippen LogP contribution in [0.15, 0.2) is 47.1 Å². The van der Waals surface area contributed by atoms with Crippen LogP contribution in [-0.2, 0) is 4.79 Å². The molecule has 23 heavy (non-hydrogen) atoms. The van der Waals surface area contributed by atoms with Gasteiger partial charge in [-0.1, -0.05) is 0 Å². The molecule has 1 fully saturated rings. The quantitative estimate of drug-likeness (QED) is 0.885. The second-order valence-corrected chi connectivity index (χ2v) is 5.41. The molecule has 1 aliphatic heterocycles. The molecule has 2 heterocycles. The number of likely N-dealkylation sites (tertiary alicyclic amines) is 1. The van der Waals surface area contributed by atoms with Gasteiger partial charge in [0.05, 0.1) is 18.4 Å². The third kappa shape index (κ3) is 3.32. The average molecular weight is 319 g/mol. The Balaban J connectivity index is 1.84. The largest absolute Gasteiger partial charge is 0.465 e. The van der Waals surface area contributed by atoms with Crippen molar-refractivity contribution in [3.8, 4) is 0 Å². The van der Waals surface area contributed by atoms with Crippen LogP contribution in [0.5, 0.6) is 0 Å². The zero-order chi connectivity index (χ0) is 16.4. The highest BCUT2D eigenvalue weighted by atomic mass is 19.1. The summed E-state index contributed by atoms with van der Waals surface area (Å²) in [6.07, 6.45) is 3.66. The SMILES string of the molecule is O=C(/C=C/c1ccco1)N1CC(O)CC1c1cc(F)ccc1F. The Kier molecular flexibility index (Phi) is 4.25. The number of halogens is 2. The van der Waals surface area contributed by atoms with E-state index in [0.717, 1.165) is 18.2 Å². The molecule has 1 aliphatic rings.